The SMILES string of the molecule is COc1ccc(C(C2CCCCC2)N(Cc2ccc(O)cc2)C(=O)Nc2c(C(C)C)cccc2C(C)C)nc1. The van der Waals surface area contributed by atoms with Gasteiger partial charge in [-0.05, 0) is 71.6 Å². The molecule has 4 rings (SSSR count). The van der Waals surface area contributed by atoms with Gasteiger partial charge < -0.3 is 20.1 Å². The first-order valence-electron chi connectivity index (χ1n) is 14.3. The van der Waals surface area contributed by atoms with Gasteiger partial charge in [-0.25, -0.2) is 4.79 Å². The van der Waals surface area contributed by atoms with Gasteiger partial charge in [0.15, 0.2) is 0 Å². The molecule has 3 aromatic rings. The second-order valence-corrected chi connectivity index (χ2v) is 11.3. The van der Waals surface area contributed by atoms with Crippen LogP contribution in [0.4, 0.5) is 10.5 Å². The van der Waals surface area contributed by atoms with Crippen molar-refractivity contribution in [2.24, 2.45) is 5.92 Å². The molecule has 2 N–H and O–H groups in total. The molecule has 1 aliphatic carbocycles. The number of pyridine rings is 1. The van der Waals surface area contributed by atoms with Crippen LogP contribution in [0, 0.1) is 5.92 Å². The standard InChI is InChI=1S/C33H43N3O3/c1-22(2)28-12-9-13-29(23(3)4)31(28)35-33(38)36(21-24-14-16-26(37)17-15-24)32(25-10-7-6-8-11-25)30-19-18-27(39-5)20-34-30/h9,12-20,22-23,25,32,37H,6-8,10-11,21H2,1-5H3,(H,35,38). The first-order valence-corrected chi connectivity index (χ1v) is 14.3. The van der Waals surface area contributed by atoms with E-state index in [9.17, 15) is 9.90 Å². The Morgan fingerprint density at radius 3 is 2.15 bits per heavy atom. The Hall–Kier alpha value is -3.54. The van der Waals surface area contributed by atoms with Crippen LogP contribution in [0.3, 0.4) is 0 Å². The molecule has 2 amide bonds. The van der Waals surface area contributed by atoms with E-state index >= 15 is 0 Å². The Morgan fingerprint density at radius 2 is 1.62 bits per heavy atom. The van der Waals surface area contributed by atoms with Crippen molar-refractivity contribution in [2.45, 2.75) is 84.2 Å². The number of urea groups is 1. The molecule has 0 bridgehead atoms. The molecular weight excluding hydrogens is 486 g/mol. The number of benzene rings is 2. The van der Waals surface area contributed by atoms with E-state index in [4.69, 9.17) is 9.72 Å². The van der Waals surface area contributed by atoms with Crippen molar-refractivity contribution in [3.05, 3.63) is 83.2 Å². The van der Waals surface area contributed by atoms with E-state index in [1.807, 2.05) is 29.2 Å². The number of ether oxygens (including phenoxy) is 1. The zero-order chi connectivity index (χ0) is 27.9. The summed E-state index contributed by atoms with van der Waals surface area (Å²) in [6.07, 6.45) is 7.38. The Morgan fingerprint density at radius 1 is 0.974 bits per heavy atom. The monoisotopic (exact) mass is 529 g/mol. The van der Waals surface area contributed by atoms with Crippen LogP contribution < -0.4 is 10.1 Å². The van der Waals surface area contributed by atoms with E-state index in [0.29, 0.717) is 18.2 Å². The van der Waals surface area contributed by atoms with E-state index in [2.05, 4.69) is 51.2 Å². The number of rotatable bonds is 9. The molecule has 1 heterocycles. The van der Waals surface area contributed by atoms with Gasteiger partial charge in [0, 0.05) is 12.2 Å². The lowest BCUT2D eigenvalue weighted by Crippen LogP contribution is -2.42. The largest absolute Gasteiger partial charge is 0.508 e. The van der Waals surface area contributed by atoms with E-state index < -0.39 is 0 Å². The summed E-state index contributed by atoms with van der Waals surface area (Å²) in [6, 6.07) is 17.0. The fourth-order valence-electron chi connectivity index (χ4n) is 5.76. The van der Waals surface area contributed by atoms with Crippen LogP contribution in [0.2, 0.25) is 0 Å². The third-order valence-electron chi connectivity index (χ3n) is 7.89. The van der Waals surface area contributed by atoms with E-state index in [1.54, 1.807) is 25.4 Å². The molecule has 1 unspecified atom stereocenters. The fourth-order valence-corrected chi connectivity index (χ4v) is 5.76. The number of carbonyl (C=O) groups is 1. The minimum absolute atomic E-state index is 0.133. The number of phenolic OH excluding ortho intramolecular Hbond substituents is 1. The summed E-state index contributed by atoms with van der Waals surface area (Å²) in [6.45, 7) is 9.05. The number of amides is 2. The third-order valence-corrected chi connectivity index (χ3v) is 7.89. The predicted molar refractivity (Wildman–Crippen MR) is 157 cm³/mol. The normalized spacial score (nSPS) is 14.8. The highest BCUT2D eigenvalue weighted by molar-refractivity contribution is 5.91. The number of hydrogen-bond donors (Lipinski definition) is 2. The topological polar surface area (TPSA) is 74.7 Å². The van der Waals surface area contributed by atoms with E-state index in [0.717, 1.165) is 53.8 Å². The minimum Gasteiger partial charge on any atom is -0.508 e. The third kappa shape index (κ3) is 6.92. The molecule has 1 atom stereocenters. The number of para-hydroxylation sites is 1. The average Bonchev–Trinajstić information content (AvgIpc) is 2.94. The number of nitrogens with one attached hydrogen (secondary N) is 1. The molecule has 1 fully saturated rings. The summed E-state index contributed by atoms with van der Waals surface area (Å²) in [4.78, 5) is 21.2. The molecule has 6 nitrogen and oxygen atoms in total. The Kier molecular flexibility index (Phi) is 9.50. The molecule has 0 saturated heterocycles. The molecule has 0 aliphatic heterocycles. The van der Waals surface area contributed by atoms with Crippen molar-refractivity contribution in [1.29, 1.82) is 0 Å². The lowest BCUT2D eigenvalue weighted by Gasteiger charge is -2.39. The minimum atomic E-state index is -0.196. The van der Waals surface area contributed by atoms with Crippen LogP contribution in [-0.2, 0) is 6.54 Å². The molecule has 1 aromatic heterocycles. The summed E-state index contributed by atoms with van der Waals surface area (Å²) in [7, 11) is 1.64. The summed E-state index contributed by atoms with van der Waals surface area (Å²) >= 11 is 0. The summed E-state index contributed by atoms with van der Waals surface area (Å²) in [5, 5.41) is 13.3. The highest BCUT2D eigenvalue weighted by Crippen LogP contribution is 2.40. The van der Waals surface area contributed by atoms with Gasteiger partial charge >= 0.3 is 6.03 Å². The van der Waals surface area contributed by atoms with Crippen LogP contribution in [0.15, 0.2) is 60.8 Å². The maximum absolute atomic E-state index is 14.4. The highest BCUT2D eigenvalue weighted by Gasteiger charge is 2.35. The first kappa shape index (κ1) is 28.5. The first-order chi connectivity index (χ1) is 18.8. The Bertz CT molecular complexity index is 1190. The summed E-state index contributed by atoms with van der Waals surface area (Å²) in [5.74, 6) is 1.74. The number of anilines is 1. The number of aromatic hydroxyl groups is 1. The van der Waals surface area contributed by atoms with Crippen molar-refractivity contribution >= 4 is 11.7 Å². The number of carbonyl (C=O) groups excluding carboxylic acids is 1. The Labute approximate surface area is 233 Å². The van der Waals surface area contributed by atoms with Gasteiger partial charge in [0.25, 0.3) is 0 Å². The van der Waals surface area contributed by atoms with E-state index in [-0.39, 0.29) is 29.7 Å². The molecule has 0 radical (unpaired) electrons. The summed E-state index contributed by atoms with van der Waals surface area (Å²) in [5.41, 5.74) is 5.01. The lowest BCUT2D eigenvalue weighted by molar-refractivity contribution is 0.131. The summed E-state index contributed by atoms with van der Waals surface area (Å²) < 4.78 is 5.38. The van der Waals surface area contributed by atoms with Crippen LogP contribution in [-0.4, -0.2) is 28.1 Å². The van der Waals surface area contributed by atoms with Crippen molar-refractivity contribution in [3.63, 3.8) is 0 Å². The zero-order valence-corrected chi connectivity index (χ0v) is 24.0. The van der Waals surface area contributed by atoms with Gasteiger partial charge in [-0.1, -0.05) is 77.3 Å². The van der Waals surface area contributed by atoms with Gasteiger partial charge in [0.1, 0.15) is 11.5 Å². The van der Waals surface area contributed by atoms with Crippen LogP contribution in [0.25, 0.3) is 0 Å². The van der Waals surface area contributed by atoms with Crippen molar-refractivity contribution in [3.8, 4) is 11.5 Å². The van der Waals surface area contributed by atoms with Gasteiger partial charge in [-0.2, -0.15) is 0 Å². The van der Waals surface area contributed by atoms with Crippen molar-refractivity contribution in [2.75, 3.05) is 12.4 Å². The van der Waals surface area contributed by atoms with Gasteiger partial charge in [0.05, 0.1) is 25.0 Å². The maximum Gasteiger partial charge on any atom is 0.322 e. The second-order valence-electron chi connectivity index (χ2n) is 11.3. The van der Waals surface area contributed by atoms with Gasteiger partial charge in [0.2, 0.25) is 0 Å². The Balaban J connectivity index is 1.79. The van der Waals surface area contributed by atoms with Crippen LogP contribution in [0.5, 0.6) is 11.5 Å². The second kappa shape index (κ2) is 13.0. The molecule has 208 valence electrons. The van der Waals surface area contributed by atoms with Crippen LogP contribution in [0.1, 0.15) is 100 Å². The van der Waals surface area contributed by atoms with E-state index in [1.165, 1.54) is 6.42 Å². The molecular formula is C33H43N3O3. The number of methoxy groups -OCH3 is 1. The number of phenols is 1. The quantitative estimate of drug-likeness (QED) is 0.292. The zero-order valence-electron chi connectivity index (χ0n) is 24.0. The predicted octanol–water partition coefficient (Wildman–Crippen LogP) is 8.40. The van der Waals surface area contributed by atoms with Crippen molar-refractivity contribution < 1.29 is 14.6 Å². The number of aromatic nitrogens is 1. The molecule has 39 heavy (non-hydrogen) atoms. The fraction of sp³-hybridized carbons (Fsp3) is 0.455. The number of nitrogens with zero attached hydrogens (tertiary/aromatic N) is 2. The average molecular weight is 530 g/mol. The maximum atomic E-state index is 14.4. The molecule has 6 heteroatoms. The number of hydrogen-bond acceptors (Lipinski definition) is 4. The molecule has 1 aliphatic rings. The molecule has 0 spiro atoms. The van der Waals surface area contributed by atoms with Crippen LogP contribution >= 0.6 is 0 Å². The van der Waals surface area contributed by atoms with Gasteiger partial charge in [-0.15, -0.1) is 0 Å². The molecule has 2 aromatic carbocycles. The van der Waals surface area contributed by atoms with Gasteiger partial charge in [-0.3, -0.25) is 4.98 Å². The molecule has 1 saturated carbocycles. The van der Waals surface area contributed by atoms with Crippen molar-refractivity contribution in [1.82, 2.24) is 9.88 Å². The lowest BCUT2D eigenvalue weighted by atomic mass is 9.81. The highest BCUT2D eigenvalue weighted by atomic mass is 16.5. The smallest absolute Gasteiger partial charge is 0.322 e.